The van der Waals surface area contributed by atoms with Gasteiger partial charge in [-0.2, -0.15) is 0 Å². The minimum Gasteiger partial charge on any atom is -0.390 e. The molecule has 0 spiro atoms. The fraction of sp³-hybridized carbons (Fsp3) is 0.917. The Balaban J connectivity index is 4.72. The van der Waals surface area contributed by atoms with Crippen LogP contribution in [0.2, 0.25) is 0 Å². The average Bonchev–Trinajstić information content (AvgIpc) is 1.78. The van der Waals surface area contributed by atoms with Gasteiger partial charge in [0.25, 0.3) is 0 Å². The van der Waals surface area contributed by atoms with Gasteiger partial charge in [-0.15, -0.1) is 0 Å². The molecule has 0 atom stereocenters. The highest BCUT2D eigenvalue weighted by Crippen LogP contribution is 2.35. The summed E-state index contributed by atoms with van der Waals surface area (Å²) < 4.78 is 0. The number of carbonyl (C=O) groups excluding carboxylic acids is 1. The van der Waals surface area contributed by atoms with Gasteiger partial charge in [-0.1, -0.05) is 34.6 Å². The van der Waals surface area contributed by atoms with Gasteiger partial charge in [0.1, 0.15) is 5.78 Å². The zero-order valence-electron chi connectivity index (χ0n) is 10.6. The minimum absolute atomic E-state index is 0.201. The van der Waals surface area contributed by atoms with Crippen LogP contribution in [0.1, 0.15) is 54.9 Å². The van der Waals surface area contributed by atoms with Crippen LogP contribution in [0.3, 0.4) is 0 Å². The maximum absolute atomic E-state index is 12.1. The van der Waals surface area contributed by atoms with Gasteiger partial charge in [0.05, 0.1) is 5.60 Å². The number of hydrogen-bond donors (Lipinski definition) is 1. The molecule has 0 fully saturated rings. The van der Waals surface area contributed by atoms with Crippen LogP contribution in [0.15, 0.2) is 0 Å². The number of Topliss-reactive ketones (excluding diaryl/α,β-unsaturated/α-hetero) is 1. The summed E-state index contributed by atoms with van der Waals surface area (Å²) in [6, 6.07) is 0. The summed E-state index contributed by atoms with van der Waals surface area (Å²) in [6.45, 7) is 13.0. The quantitative estimate of drug-likeness (QED) is 0.760. The maximum atomic E-state index is 12.1. The van der Waals surface area contributed by atoms with Gasteiger partial charge >= 0.3 is 0 Å². The van der Waals surface area contributed by atoms with Crippen molar-refractivity contribution in [3.8, 4) is 0 Å². The Kier molecular flexibility index (Phi) is 3.55. The lowest BCUT2D eigenvalue weighted by Crippen LogP contribution is -2.40. The molecule has 0 aliphatic rings. The van der Waals surface area contributed by atoms with Gasteiger partial charge < -0.3 is 5.11 Å². The van der Waals surface area contributed by atoms with Crippen LogP contribution in [0.5, 0.6) is 0 Å². The van der Waals surface area contributed by atoms with Crippen molar-refractivity contribution < 1.29 is 9.90 Å². The second-order valence-corrected chi connectivity index (χ2v) is 6.45. The van der Waals surface area contributed by atoms with Crippen molar-refractivity contribution >= 4 is 5.78 Å². The van der Waals surface area contributed by atoms with E-state index in [4.69, 9.17) is 0 Å². The van der Waals surface area contributed by atoms with E-state index < -0.39 is 11.0 Å². The van der Waals surface area contributed by atoms with Crippen molar-refractivity contribution in [2.45, 2.75) is 60.5 Å². The smallest absolute Gasteiger partial charge is 0.143 e. The third-order valence-corrected chi connectivity index (χ3v) is 2.17. The number of hydrogen-bond acceptors (Lipinski definition) is 2. The molecule has 0 rings (SSSR count). The van der Waals surface area contributed by atoms with Crippen LogP contribution in [-0.4, -0.2) is 16.5 Å². The van der Waals surface area contributed by atoms with Crippen molar-refractivity contribution in [2.75, 3.05) is 0 Å². The van der Waals surface area contributed by atoms with E-state index in [2.05, 4.69) is 0 Å². The summed E-state index contributed by atoms with van der Waals surface area (Å²) in [7, 11) is 0. The molecule has 0 heterocycles. The number of rotatable bonds is 3. The van der Waals surface area contributed by atoms with E-state index >= 15 is 0 Å². The predicted molar refractivity (Wildman–Crippen MR) is 59.2 cm³/mol. The Morgan fingerprint density at radius 2 is 1.36 bits per heavy atom. The van der Waals surface area contributed by atoms with Gasteiger partial charge in [0.15, 0.2) is 0 Å². The lowest BCUT2D eigenvalue weighted by atomic mass is 9.70. The lowest BCUT2D eigenvalue weighted by Gasteiger charge is -2.34. The molecule has 0 unspecified atom stereocenters. The third-order valence-electron chi connectivity index (χ3n) is 2.17. The van der Waals surface area contributed by atoms with E-state index in [1.165, 1.54) is 0 Å². The van der Waals surface area contributed by atoms with Crippen molar-refractivity contribution in [1.29, 1.82) is 0 Å². The Hall–Kier alpha value is -0.370. The van der Waals surface area contributed by atoms with E-state index in [1.54, 1.807) is 13.8 Å². The largest absolute Gasteiger partial charge is 0.390 e. The van der Waals surface area contributed by atoms with Crippen LogP contribution < -0.4 is 0 Å². The first-order chi connectivity index (χ1) is 5.86. The van der Waals surface area contributed by atoms with E-state index in [9.17, 15) is 9.90 Å². The molecule has 0 saturated heterocycles. The molecule has 0 aromatic carbocycles. The first-order valence-electron chi connectivity index (χ1n) is 5.13. The Bertz CT molecular complexity index is 213. The molecule has 0 bridgehead atoms. The summed E-state index contributed by atoms with van der Waals surface area (Å²) >= 11 is 0. The highest BCUT2D eigenvalue weighted by molar-refractivity contribution is 5.88. The molecule has 14 heavy (non-hydrogen) atoms. The van der Waals surface area contributed by atoms with E-state index in [0.717, 1.165) is 0 Å². The molecule has 0 radical (unpaired) electrons. The Labute approximate surface area is 87.7 Å². The zero-order valence-corrected chi connectivity index (χ0v) is 10.6. The third kappa shape index (κ3) is 4.23. The van der Waals surface area contributed by atoms with Crippen LogP contribution in [0.4, 0.5) is 0 Å². The molecule has 0 saturated carbocycles. The number of aliphatic hydroxyl groups is 1. The highest BCUT2D eigenvalue weighted by atomic mass is 16.3. The number of carbonyl (C=O) groups is 1. The second-order valence-electron chi connectivity index (χ2n) is 6.45. The molecular weight excluding hydrogens is 176 g/mol. The van der Waals surface area contributed by atoms with Crippen molar-refractivity contribution in [3.63, 3.8) is 0 Å². The van der Waals surface area contributed by atoms with E-state index in [0.29, 0.717) is 6.42 Å². The number of ketones is 1. The van der Waals surface area contributed by atoms with E-state index in [-0.39, 0.29) is 11.2 Å². The van der Waals surface area contributed by atoms with Crippen LogP contribution in [-0.2, 0) is 4.79 Å². The molecule has 0 aromatic heterocycles. The molecule has 0 aromatic rings. The summed E-state index contributed by atoms with van der Waals surface area (Å²) in [5, 5.41) is 9.72. The molecule has 2 nitrogen and oxygen atoms in total. The van der Waals surface area contributed by atoms with Gasteiger partial charge in [-0.3, -0.25) is 4.79 Å². The zero-order chi connectivity index (χ0) is 11.8. The molecule has 1 N–H and O–H groups in total. The van der Waals surface area contributed by atoms with Crippen LogP contribution in [0.25, 0.3) is 0 Å². The summed E-state index contributed by atoms with van der Waals surface area (Å²) in [6.07, 6.45) is 0.496. The summed E-state index contributed by atoms with van der Waals surface area (Å²) in [4.78, 5) is 12.1. The maximum Gasteiger partial charge on any atom is 0.143 e. The van der Waals surface area contributed by atoms with Gasteiger partial charge in [-0.05, 0) is 20.3 Å². The molecular formula is C12H24O2. The monoisotopic (exact) mass is 200 g/mol. The lowest BCUT2D eigenvalue weighted by molar-refractivity contribution is -0.138. The van der Waals surface area contributed by atoms with E-state index in [1.807, 2.05) is 34.6 Å². The van der Waals surface area contributed by atoms with Gasteiger partial charge in [0, 0.05) is 10.8 Å². The first-order valence-corrected chi connectivity index (χ1v) is 5.13. The minimum atomic E-state index is -0.787. The highest BCUT2D eigenvalue weighted by Gasteiger charge is 2.39. The van der Waals surface area contributed by atoms with Crippen LogP contribution >= 0.6 is 0 Å². The second kappa shape index (κ2) is 3.65. The normalized spacial score (nSPS) is 14.3. The van der Waals surface area contributed by atoms with Crippen LogP contribution in [0, 0.1) is 10.8 Å². The van der Waals surface area contributed by atoms with Crippen molar-refractivity contribution in [1.82, 2.24) is 0 Å². The molecule has 0 amide bonds. The molecule has 0 aliphatic carbocycles. The first kappa shape index (κ1) is 13.6. The SMILES string of the molecule is CC(C)(O)CC(C)(C)C(=O)C(C)(C)C. The Morgan fingerprint density at radius 3 is 1.57 bits per heavy atom. The molecule has 0 aliphatic heterocycles. The van der Waals surface area contributed by atoms with Gasteiger partial charge in [0.2, 0.25) is 0 Å². The van der Waals surface area contributed by atoms with Gasteiger partial charge in [-0.25, -0.2) is 0 Å². The fourth-order valence-electron chi connectivity index (χ4n) is 2.18. The Morgan fingerprint density at radius 1 is 1.00 bits per heavy atom. The molecule has 84 valence electrons. The summed E-state index contributed by atoms with van der Waals surface area (Å²) in [5.41, 5.74) is -1.59. The topological polar surface area (TPSA) is 37.3 Å². The standard InChI is InChI=1S/C12H24O2/c1-10(2,3)9(13)11(4,5)8-12(6,7)14/h14H,8H2,1-7H3. The predicted octanol–water partition coefficient (Wildman–Crippen LogP) is 2.79. The average molecular weight is 200 g/mol. The summed E-state index contributed by atoms with van der Waals surface area (Å²) in [5.74, 6) is 0.201. The van der Waals surface area contributed by atoms with Crippen molar-refractivity contribution in [3.05, 3.63) is 0 Å². The molecule has 2 heteroatoms. The fourth-order valence-corrected chi connectivity index (χ4v) is 2.18. The van der Waals surface area contributed by atoms with Crippen molar-refractivity contribution in [2.24, 2.45) is 10.8 Å².